The molecule has 1 atom stereocenters. The summed E-state index contributed by atoms with van der Waals surface area (Å²) in [7, 11) is -5.78. The van der Waals surface area contributed by atoms with Crippen LogP contribution in [0.4, 0.5) is 0 Å². The highest BCUT2D eigenvalue weighted by atomic mass is 28.4. The van der Waals surface area contributed by atoms with Crippen LogP contribution in [0.5, 0.6) is 0 Å². The molecule has 7 heteroatoms. The van der Waals surface area contributed by atoms with Gasteiger partial charge in [0.25, 0.3) is 0 Å². The van der Waals surface area contributed by atoms with Gasteiger partial charge in [-0.25, -0.2) is 0 Å². The van der Waals surface area contributed by atoms with Crippen LogP contribution in [-0.4, -0.2) is 45.7 Å². The van der Waals surface area contributed by atoms with Crippen molar-refractivity contribution in [2.24, 2.45) is 0 Å². The first-order valence-corrected chi connectivity index (χ1v) is 20.1. The second kappa shape index (κ2) is 8.22. The van der Waals surface area contributed by atoms with Crippen molar-refractivity contribution < 1.29 is 13.0 Å². The van der Waals surface area contributed by atoms with E-state index in [1.807, 2.05) is 0 Å². The van der Waals surface area contributed by atoms with Gasteiger partial charge in [0, 0.05) is 0 Å². The first-order valence-electron chi connectivity index (χ1n) is 8.79. The Balaban J connectivity index is 5.39. The van der Waals surface area contributed by atoms with E-state index in [4.69, 9.17) is 13.0 Å². The summed E-state index contributed by atoms with van der Waals surface area (Å²) in [5.74, 6) is 0. The van der Waals surface area contributed by atoms with Gasteiger partial charge in [-0.2, -0.15) is 0 Å². The summed E-state index contributed by atoms with van der Waals surface area (Å²) in [5, 5.41) is -0.0806. The third kappa shape index (κ3) is 5.99. The Bertz CT molecular complexity index is 336. The third-order valence-corrected chi connectivity index (χ3v) is 16.3. The monoisotopic (exact) mass is 380 g/mol. The van der Waals surface area contributed by atoms with E-state index < -0.39 is 34.7 Å². The summed E-state index contributed by atoms with van der Waals surface area (Å²) in [6.07, 6.45) is 2.07. The first kappa shape index (κ1) is 22.7. The van der Waals surface area contributed by atoms with Crippen LogP contribution in [0.25, 0.3) is 0 Å². The minimum atomic E-state index is -1.95. The van der Waals surface area contributed by atoms with Crippen LogP contribution in [0.3, 0.4) is 0 Å². The maximum Gasteiger partial charge on any atom is 0.213 e. The second-order valence-corrected chi connectivity index (χ2v) is 22.6. The zero-order valence-corrected chi connectivity index (χ0v) is 21.3. The predicted molar refractivity (Wildman–Crippen MR) is 109 cm³/mol. The Hall–Kier alpha value is 0.748. The van der Waals surface area contributed by atoms with Gasteiger partial charge in [0.1, 0.15) is 9.76 Å². The number of rotatable bonds is 10. The van der Waals surface area contributed by atoms with Crippen LogP contribution >= 0.6 is 0 Å². The Labute approximate surface area is 144 Å². The lowest BCUT2D eigenvalue weighted by Crippen LogP contribution is -2.64. The molecule has 0 saturated carbocycles. The summed E-state index contributed by atoms with van der Waals surface area (Å²) in [6.45, 7) is 25.0. The Morgan fingerprint density at radius 3 is 1.73 bits per heavy atom. The fourth-order valence-corrected chi connectivity index (χ4v) is 15.3. The Morgan fingerprint density at radius 2 is 1.41 bits per heavy atom. The zero-order valence-electron chi connectivity index (χ0n) is 16.9. The van der Waals surface area contributed by atoms with Gasteiger partial charge >= 0.3 is 0 Å². The molecule has 0 aliphatic carbocycles. The molecule has 3 nitrogen and oxygen atoms in total. The summed E-state index contributed by atoms with van der Waals surface area (Å²) in [5.41, 5.74) is 0.223. The molecule has 22 heavy (non-hydrogen) atoms. The molecule has 0 bridgehead atoms. The van der Waals surface area contributed by atoms with Crippen LogP contribution in [0.1, 0.15) is 33.6 Å². The smallest absolute Gasteiger partial charge is 0.213 e. The van der Waals surface area contributed by atoms with Crippen LogP contribution in [-0.2, 0) is 13.0 Å². The van der Waals surface area contributed by atoms with Gasteiger partial charge in [0.15, 0.2) is 8.32 Å². The molecule has 1 unspecified atom stereocenters. The highest BCUT2D eigenvalue weighted by Gasteiger charge is 2.51. The minimum Gasteiger partial charge on any atom is -0.459 e. The van der Waals surface area contributed by atoms with Crippen molar-refractivity contribution in [1.82, 2.24) is 0 Å². The molecule has 0 rings (SSSR count). The summed E-state index contributed by atoms with van der Waals surface area (Å²) < 4.78 is 19.7. The zero-order chi connectivity index (χ0) is 17.8. The van der Waals surface area contributed by atoms with Crippen molar-refractivity contribution in [2.45, 2.75) is 96.9 Å². The highest BCUT2D eigenvalue weighted by molar-refractivity contribution is 6.80. The summed E-state index contributed by atoms with van der Waals surface area (Å²) in [6, 6.07) is 0. The second-order valence-electron chi connectivity index (χ2n) is 8.22. The average Bonchev–Trinajstić information content (AvgIpc) is 2.33. The average molecular weight is 381 g/mol. The SMILES string of the molecule is CCC(CC)(O[Si](C)(C)C(C)O[Si](C)(C)C)[Si](C)(C)O[SiH2]C. The van der Waals surface area contributed by atoms with Gasteiger partial charge in [-0.3, -0.25) is 0 Å². The van der Waals surface area contributed by atoms with E-state index in [9.17, 15) is 0 Å². The normalized spacial score (nSPS) is 16.5. The van der Waals surface area contributed by atoms with Crippen molar-refractivity contribution in [3.8, 4) is 0 Å². The standard InChI is InChI=1S/C15H40O3Si4/c1-12-15(13-2,22(10,11)18-19-4)17-21(8,9)14(3)16-20(5,6)7/h14H,12-13,19H2,1-11H3. The van der Waals surface area contributed by atoms with Gasteiger partial charge in [-0.1, -0.05) is 20.4 Å². The molecule has 0 spiro atoms. The molecule has 0 aromatic rings. The number of hydrogen-bond donors (Lipinski definition) is 0. The molecule has 0 aliphatic heterocycles. The molecule has 0 N–H and O–H groups in total. The van der Waals surface area contributed by atoms with Gasteiger partial charge < -0.3 is 13.0 Å². The van der Waals surface area contributed by atoms with Crippen molar-refractivity contribution >= 4 is 34.7 Å². The van der Waals surface area contributed by atoms with Crippen molar-refractivity contribution in [1.29, 1.82) is 0 Å². The van der Waals surface area contributed by atoms with Crippen molar-refractivity contribution in [3.63, 3.8) is 0 Å². The van der Waals surface area contributed by atoms with E-state index in [0.717, 1.165) is 12.8 Å². The fourth-order valence-electron chi connectivity index (χ4n) is 3.12. The van der Waals surface area contributed by atoms with Crippen molar-refractivity contribution in [2.75, 3.05) is 0 Å². The quantitative estimate of drug-likeness (QED) is 0.524. The van der Waals surface area contributed by atoms with Gasteiger partial charge in [0.2, 0.25) is 16.6 Å². The minimum absolute atomic E-state index is 0.0806. The molecule has 0 aromatic heterocycles. The topological polar surface area (TPSA) is 27.7 Å². The van der Waals surface area contributed by atoms with E-state index in [1.165, 1.54) is 0 Å². The van der Waals surface area contributed by atoms with Gasteiger partial charge in [0.05, 0.1) is 11.0 Å². The van der Waals surface area contributed by atoms with Gasteiger partial charge in [-0.05, 0) is 65.6 Å². The summed E-state index contributed by atoms with van der Waals surface area (Å²) in [4.78, 5) is 0. The first-order chi connectivity index (χ1) is 9.77. The number of hydrogen-bond acceptors (Lipinski definition) is 3. The predicted octanol–water partition coefficient (Wildman–Crippen LogP) is 4.44. The largest absolute Gasteiger partial charge is 0.459 e. The van der Waals surface area contributed by atoms with Crippen LogP contribution in [0.2, 0.25) is 52.4 Å². The molecule has 0 fully saturated rings. The summed E-state index contributed by atoms with van der Waals surface area (Å²) >= 11 is 0. The molecule has 0 amide bonds. The van der Waals surface area contributed by atoms with Crippen LogP contribution in [0, 0.1) is 0 Å². The molecule has 0 radical (unpaired) electrons. The lowest BCUT2D eigenvalue weighted by Gasteiger charge is -2.49. The Kier molecular flexibility index (Phi) is 8.50. The molecular weight excluding hydrogens is 341 g/mol. The third-order valence-electron chi connectivity index (χ3n) is 4.71. The molecule has 0 aromatic carbocycles. The molecule has 134 valence electrons. The van der Waals surface area contributed by atoms with Crippen molar-refractivity contribution in [3.05, 3.63) is 0 Å². The molecular formula is C15H40O3Si4. The van der Waals surface area contributed by atoms with E-state index in [0.29, 0.717) is 0 Å². The maximum atomic E-state index is 6.94. The maximum absolute atomic E-state index is 6.94. The molecule has 0 saturated heterocycles. The fraction of sp³-hybridized carbons (Fsp3) is 1.00. The van der Waals surface area contributed by atoms with Crippen LogP contribution < -0.4 is 0 Å². The van der Waals surface area contributed by atoms with E-state index in [2.05, 4.69) is 73.1 Å². The van der Waals surface area contributed by atoms with Crippen LogP contribution in [0.15, 0.2) is 0 Å². The molecule has 0 aliphatic rings. The Morgan fingerprint density at radius 1 is 0.955 bits per heavy atom. The van der Waals surface area contributed by atoms with E-state index in [-0.39, 0.29) is 11.0 Å². The van der Waals surface area contributed by atoms with Gasteiger partial charge in [-0.15, -0.1) is 0 Å². The lowest BCUT2D eigenvalue weighted by molar-refractivity contribution is 0.0917. The van der Waals surface area contributed by atoms with E-state index in [1.54, 1.807) is 0 Å². The lowest BCUT2D eigenvalue weighted by atomic mass is 10.2. The highest BCUT2D eigenvalue weighted by Crippen LogP contribution is 2.37. The van der Waals surface area contributed by atoms with E-state index >= 15 is 0 Å². The molecule has 0 heterocycles.